The number of imide groups is 1. The summed E-state index contributed by atoms with van der Waals surface area (Å²) in [6.45, 7) is 3.47. The van der Waals surface area contributed by atoms with Gasteiger partial charge in [-0.2, -0.15) is 0 Å². The molecule has 1 saturated heterocycles. The Kier molecular flexibility index (Phi) is 5.71. The van der Waals surface area contributed by atoms with Gasteiger partial charge in [0.2, 0.25) is 0 Å². The van der Waals surface area contributed by atoms with Crippen LogP contribution in [0.25, 0.3) is 11.4 Å². The molecule has 0 spiro atoms. The molecule has 2 aromatic heterocycles. The van der Waals surface area contributed by atoms with Crippen molar-refractivity contribution in [3.63, 3.8) is 0 Å². The second-order valence-corrected chi connectivity index (χ2v) is 8.25. The lowest BCUT2D eigenvalue weighted by molar-refractivity contribution is 0.00370. The van der Waals surface area contributed by atoms with Gasteiger partial charge in [0.05, 0.1) is 42.2 Å². The molecule has 2 aliphatic heterocycles. The molecule has 3 aromatic rings. The first-order chi connectivity index (χ1) is 16.1. The molecule has 2 aliphatic rings. The standard InChI is InChI=1S/C25H23N5O3/c1-17-13-18(7-6-11-30-24(31)20-9-2-3-10-21(20)25(30)32)14-26-23(17)22-16-29(28-27-22)15-19-8-4-5-12-33-19/h2-3,9-10,13-14,16,19H,4-5,8,11-12,15H2,1H3. The van der Waals surface area contributed by atoms with Crippen molar-refractivity contribution in [3.05, 3.63) is 65.0 Å². The van der Waals surface area contributed by atoms with Crippen LogP contribution in [-0.4, -0.2) is 55.9 Å². The van der Waals surface area contributed by atoms with E-state index in [9.17, 15) is 9.59 Å². The summed E-state index contributed by atoms with van der Waals surface area (Å²) in [4.78, 5) is 30.6. The number of aromatic nitrogens is 4. The molecule has 0 bridgehead atoms. The molecular formula is C25H23N5O3. The number of benzene rings is 1. The third-order valence-electron chi connectivity index (χ3n) is 5.87. The topological polar surface area (TPSA) is 90.2 Å². The van der Waals surface area contributed by atoms with Crippen molar-refractivity contribution in [2.45, 2.75) is 38.8 Å². The van der Waals surface area contributed by atoms with Gasteiger partial charge in [-0.1, -0.05) is 29.2 Å². The zero-order chi connectivity index (χ0) is 22.8. The van der Waals surface area contributed by atoms with E-state index < -0.39 is 0 Å². The summed E-state index contributed by atoms with van der Waals surface area (Å²) in [5.41, 5.74) is 3.92. The first-order valence-electron chi connectivity index (χ1n) is 11.0. The van der Waals surface area contributed by atoms with Crippen LogP contribution in [0.3, 0.4) is 0 Å². The molecule has 1 atom stereocenters. The molecule has 0 saturated carbocycles. The Morgan fingerprint density at radius 3 is 2.64 bits per heavy atom. The van der Waals surface area contributed by atoms with E-state index in [1.165, 1.54) is 11.3 Å². The van der Waals surface area contributed by atoms with Crippen molar-refractivity contribution >= 4 is 11.8 Å². The fourth-order valence-electron chi connectivity index (χ4n) is 4.17. The van der Waals surface area contributed by atoms with E-state index in [1.54, 1.807) is 30.5 Å². The van der Waals surface area contributed by atoms with Crippen LogP contribution in [-0.2, 0) is 11.3 Å². The zero-order valence-corrected chi connectivity index (χ0v) is 18.3. The van der Waals surface area contributed by atoms with Gasteiger partial charge in [-0.15, -0.1) is 5.10 Å². The minimum atomic E-state index is -0.309. The Balaban J connectivity index is 1.26. The second-order valence-electron chi connectivity index (χ2n) is 8.25. The summed E-state index contributed by atoms with van der Waals surface area (Å²) < 4.78 is 7.59. The highest BCUT2D eigenvalue weighted by Crippen LogP contribution is 2.22. The van der Waals surface area contributed by atoms with Crippen LogP contribution in [0.4, 0.5) is 0 Å². The molecular weight excluding hydrogens is 418 g/mol. The Hall–Kier alpha value is -3.83. The predicted octanol–water partition coefficient (Wildman–Crippen LogP) is 2.87. The Morgan fingerprint density at radius 2 is 1.94 bits per heavy atom. The highest BCUT2D eigenvalue weighted by molar-refractivity contribution is 6.21. The lowest BCUT2D eigenvalue weighted by atomic mass is 10.1. The number of nitrogens with zero attached hydrogens (tertiary/aromatic N) is 5. The highest BCUT2D eigenvalue weighted by atomic mass is 16.5. The first-order valence-corrected chi connectivity index (χ1v) is 11.0. The van der Waals surface area contributed by atoms with Crippen molar-refractivity contribution in [1.82, 2.24) is 24.9 Å². The van der Waals surface area contributed by atoms with Gasteiger partial charge < -0.3 is 4.74 Å². The van der Waals surface area contributed by atoms with E-state index >= 15 is 0 Å². The van der Waals surface area contributed by atoms with Crippen LogP contribution < -0.4 is 0 Å². The van der Waals surface area contributed by atoms with Crippen LogP contribution in [0.1, 0.15) is 51.1 Å². The average Bonchev–Trinajstić information content (AvgIpc) is 3.38. The van der Waals surface area contributed by atoms with E-state index in [4.69, 9.17) is 4.74 Å². The maximum atomic E-state index is 12.4. The number of rotatable bonds is 4. The van der Waals surface area contributed by atoms with Crippen LogP contribution in [0.5, 0.6) is 0 Å². The molecule has 1 fully saturated rings. The summed E-state index contributed by atoms with van der Waals surface area (Å²) in [6.07, 6.45) is 7.09. The Bertz CT molecular complexity index is 1250. The van der Waals surface area contributed by atoms with Crippen molar-refractivity contribution in [3.8, 4) is 23.2 Å². The molecule has 166 valence electrons. The van der Waals surface area contributed by atoms with E-state index in [-0.39, 0.29) is 24.5 Å². The smallest absolute Gasteiger partial charge is 0.262 e. The van der Waals surface area contributed by atoms with Gasteiger partial charge in [0.1, 0.15) is 5.69 Å². The summed E-state index contributed by atoms with van der Waals surface area (Å²) in [6, 6.07) is 8.73. The van der Waals surface area contributed by atoms with Gasteiger partial charge in [-0.3, -0.25) is 19.5 Å². The average molecular weight is 441 g/mol. The van der Waals surface area contributed by atoms with Gasteiger partial charge in [-0.05, 0) is 49.9 Å². The molecule has 0 N–H and O–H groups in total. The molecule has 8 heteroatoms. The quantitative estimate of drug-likeness (QED) is 0.457. The maximum Gasteiger partial charge on any atom is 0.262 e. The summed E-state index contributed by atoms with van der Waals surface area (Å²) in [7, 11) is 0. The number of fused-ring (bicyclic) bond motifs is 1. The fourth-order valence-corrected chi connectivity index (χ4v) is 4.17. The largest absolute Gasteiger partial charge is 0.376 e. The van der Waals surface area contributed by atoms with Gasteiger partial charge in [0, 0.05) is 18.4 Å². The molecule has 5 rings (SSSR count). The summed E-state index contributed by atoms with van der Waals surface area (Å²) >= 11 is 0. The highest BCUT2D eigenvalue weighted by Gasteiger charge is 2.34. The Morgan fingerprint density at radius 1 is 1.15 bits per heavy atom. The number of hydrogen-bond donors (Lipinski definition) is 0. The number of pyridine rings is 1. The number of amides is 2. The van der Waals surface area contributed by atoms with Gasteiger partial charge in [-0.25, -0.2) is 4.68 Å². The molecule has 1 aromatic carbocycles. The molecule has 33 heavy (non-hydrogen) atoms. The van der Waals surface area contributed by atoms with Crippen LogP contribution in [0, 0.1) is 18.8 Å². The normalized spacial score (nSPS) is 17.6. The monoisotopic (exact) mass is 441 g/mol. The molecule has 0 radical (unpaired) electrons. The minimum absolute atomic E-state index is 0.0324. The van der Waals surface area contributed by atoms with E-state index in [0.29, 0.717) is 28.9 Å². The summed E-state index contributed by atoms with van der Waals surface area (Å²) in [5, 5.41) is 8.50. The van der Waals surface area contributed by atoms with Crippen molar-refractivity contribution < 1.29 is 14.3 Å². The van der Waals surface area contributed by atoms with Crippen molar-refractivity contribution in [2.75, 3.05) is 13.2 Å². The lowest BCUT2D eigenvalue weighted by Crippen LogP contribution is -2.29. The van der Waals surface area contributed by atoms with E-state index in [1.807, 2.05) is 23.9 Å². The Labute approximate surface area is 191 Å². The van der Waals surface area contributed by atoms with E-state index in [2.05, 4.69) is 27.1 Å². The molecule has 8 nitrogen and oxygen atoms in total. The van der Waals surface area contributed by atoms with Crippen LogP contribution in [0.2, 0.25) is 0 Å². The van der Waals surface area contributed by atoms with Crippen molar-refractivity contribution in [1.29, 1.82) is 0 Å². The van der Waals surface area contributed by atoms with Crippen molar-refractivity contribution in [2.24, 2.45) is 0 Å². The SMILES string of the molecule is Cc1cc(C#CCN2C(=O)c3ccccc3C2=O)cnc1-c1cn(CC2CCCCO2)nn1. The van der Waals surface area contributed by atoms with Gasteiger partial charge >= 0.3 is 0 Å². The lowest BCUT2D eigenvalue weighted by Gasteiger charge is -2.21. The third kappa shape index (κ3) is 4.28. The number of carbonyl (C=O) groups excluding carboxylic acids is 2. The first kappa shape index (κ1) is 21.0. The van der Waals surface area contributed by atoms with Gasteiger partial charge in [0.15, 0.2) is 0 Å². The van der Waals surface area contributed by atoms with Crippen LogP contribution in [0.15, 0.2) is 42.7 Å². The summed E-state index contributed by atoms with van der Waals surface area (Å²) in [5.74, 6) is 5.31. The van der Waals surface area contributed by atoms with E-state index in [0.717, 1.165) is 30.7 Å². The molecule has 1 unspecified atom stereocenters. The number of aryl methyl sites for hydroxylation is 1. The fraction of sp³-hybridized carbons (Fsp3) is 0.320. The van der Waals surface area contributed by atoms with Crippen LogP contribution >= 0.6 is 0 Å². The third-order valence-corrected chi connectivity index (χ3v) is 5.87. The second kappa shape index (κ2) is 8.96. The molecule has 2 amide bonds. The maximum absolute atomic E-state index is 12.4. The number of ether oxygens (including phenoxy) is 1. The predicted molar refractivity (Wildman–Crippen MR) is 120 cm³/mol. The molecule has 4 heterocycles. The molecule has 0 aliphatic carbocycles. The van der Waals surface area contributed by atoms with Gasteiger partial charge in [0.25, 0.3) is 11.8 Å². The minimum Gasteiger partial charge on any atom is -0.376 e. The number of hydrogen-bond acceptors (Lipinski definition) is 6. The number of carbonyl (C=O) groups is 2. The zero-order valence-electron chi connectivity index (χ0n) is 18.3.